The van der Waals surface area contributed by atoms with Crippen LogP contribution in [0.2, 0.25) is 10.0 Å². The van der Waals surface area contributed by atoms with E-state index in [0.29, 0.717) is 17.0 Å². The van der Waals surface area contributed by atoms with E-state index in [1.54, 1.807) is 32.4 Å². The van der Waals surface area contributed by atoms with Crippen LogP contribution in [-0.2, 0) is 16.4 Å². The Kier molecular flexibility index (Phi) is 4.99. The highest BCUT2D eigenvalue weighted by Crippen LogP contribution is 2.28. The molecule has 21 heavy (non-hydrogen) atoms. The van der Waals surface area contributed by atoms with E-state index < -0.39 is 10.0 Å². The van der Waals surface area contributed by atoms with Gasteiger partial charge in [0, 0.05) is 11.1 Å². The van der Waals surface area contributed by atoms with Crippen molar-refractivity contribution in [3.8, 4) is 0 Å². The van der Waals surface area contributed by atoms with E-state index in [1.807, 2.05) is 0 Å². The van der Waals surface area contributed by atoms with Crippen LogP contribution in [0.5, 0.6) is 0 Å². The first kappa shape index (κ1) is 16.4. The largest absolute Gasteiger partial charge is 0.472 e. The normalized spacial score (nSPS) is 13.3. The second-order valence-electron chi connectivity index (χ2n) is 4.89. The van der Waals surface area contributed by atoms with Crippen LogP contribution in [0.15, 0.2) is 40.0 Å². The monoisotopic (exact) mass is 347 g/mol. The van der Waals surface area contributed by atoms with E-state index in [2.05, 4.69) is 4.72 Å². The SMILES string of the molecule is Cc1cc(S(=O)(=O)N[C@H](C)Cc2ccoc2)c(Cl)cc1Cl. The van der Waals surface area contributed by atoms with Gasteiger partial charge in [0.25, 0.3) is 0 Å². The molecule has 1 heterocycles. The standard InChI is InChI=1S/C14H15Cl2NO3S/c1-9-5-14(13(16)7-12(9)15)21(18,19)17-10(2)6-11-3-4-20-8-11/h3-5,7-8,10,17H,6H2,1-2H3/t10-/m1/s1. The number of hydrogen-bond acceptors (Lipinski definition) is 3. The van der Waals surface area contributed by atoms with Gasteiger partial charge in [-0.2, -0.15) is 0 Å². The highest BCUT2D eigenvalue weighted by atomic mass is 35.5. The topological polar surface area (TPSA) is 59.3 Å². The highest BCUT2D eigenvalue weighted by molar-refractivity contribution is 7.89. The predicted octanol–water partition coefficient (Wildman–Crippen LogP) is 3.80. The van der Waals surface area contributed by atoms with Gasteiger partial charge in [-0.05, 0) is 49.6 Å². The molecule has 1 atom stereocenters. The molecule has 0 fully saturated rings. The maximum atomic E-state index is 12.4. The molecule has 114 valence electrons. The molecule has 7 heteroatoms. The van der Waals surface area contributed by atoms with Gasteiger partial charge in [-0.1, -0.05) is 23.2 Å². The van der Waals surface area contributed by atoms with Gasteiger partial charge >= 0.3 is 0 Å². The summed E-state index contributed by atoms with van der Waals surface area (Å²) >= 11 is 11.9. The maximum Gasteiger partial charge on any atom is 0.242 e. The third-order valence-corrected chi connectivity index (χ3v) is 5.44. The number of nitrogens with one attached hydrogen (secondary N) is 1. The molecule has 0 radical (unpaired) electrons. The number of rotatable bonds is 5. The van der Waals surface area contributed by atoms with Crippen molar-refractivity contribution in [2.45, 2.75) is 31.2 Å². The van der Waals surface area contributed by atoms with E-state index in [1.165, 1.54) is 12.1 Å². The minimum Gasteiger partial charge on any atom is -0.472 e. The first-order valence-corrected chi connectivity index (χ1v) is 8.52. The van der Waals surface area contributed by atoms with Gasteiger partial charge in [0.05, 0.1) is 17.5 Å². The molecule has 1 N–H and O–H groups in total. The summed E-state index contributed by atoms with van der Waals surface area (Å²) in [6, 6.07) is 4.41. The van der Waals surface area contributed by atoms with Crippen molar-refractivity contribution >= 4 is 33.2 Å². The van der Waals surface area contributed by atoms with Crippen LogP contribution in [0.25, 0.3) is 0 Å². The van der Waals surface area contributed by atoms with Crippen molar-refractivity contribution in [3.63, 3.8) is 0 Å². The molecule has 2 aromatic rings. The summed E-state index contributed by atoms with van der Waals surface area (Å²) in [6.07, 6.45) is 3.67. The minimum atomic E-state index is -3.70. The third kappa shape index (κ3) is 4.01. The van der Waals surface area contributed by atoms with Gasteiger partial charge < -0.3 is 4.42 Å². The molecule has 0 amide bonds. The average molecular weight is 348 g/mol. The Morgan fingerprint density at radius 1 is 1.29 bits per heavy atom. The number of benzene rings is 1. The summed E-state index contributed by atoms with van der Waals surface area (Å²) in [5.41, 5.74) is 1.58. The van der Waals surface area contributed by atoms with E-state index in [0.717, 1.165) is 5.56 Å². The first-order valence-electron chi connectivity index (χ1n) is 6.28. The fraction of sp³-hybridized carbons (Fsp3) is 0.286. The van der Waals surface area contributed by atoms with Crippen LogP contribution in [0.1, 0.15) is 18.1 Å². The Morgan fingerprint density at radius 3 is 2.62 bits per heavy atom. The van der Waals surface area contributed by atoms with Crippen LogP contribution < -0.4 is 4.72 Å². The number of sulfonamides is 1. The van der Waals surface area contributed by atoms with Crippen molar-refractivity contribution < 1.29 is 12.8 Å². The molecular weight excluding hydrogens is 333 g/mol. The molecule has 2 rings (SSSR count). The van der Waals surface area contributed by atoms with Gasteiger partial charge in [-0.25, -0.2) is 13.1 Å². The number of halogens is 2. The van der Waals surface area contributed by atoms with Crippen LogP contribution in [0.3, 0.4) is 0 Å². The lowest BCUT2D eigenvalue weighted by Gasteiger charge is -2.15. The second-order valence-corrected chi connectivity index (χ2v) is 7.39. The van der Waals surface area contributed by atoms with Crippen LogP contribution in [-0.4, -0.2) is 14.5 Å². The molecule has 0 saturated heterocycles. The van der Waals surface area contributed by atoms with E-state index in [4.69, 9.17) is 27.6 Å². The second kappa shape index (κ2) is 6.40. The first-order chi connectivity index (χ1) is 9.79. The molecule has 0 bridgehead atoms. The van der Waals surface area contributed by atoms with Gasteiger partial charge in [0.1, 0.15) is 4.90 Å². The molecule has 1 aromatic carbocycles. The fourth-order valence-electron chi connectivity index (χ4n) is 1.97. The van der Waals surface area contributed by atoms with Crippen molar-refractivity contribution in [3.05, 3.63) is 51.9 Å². The summed E-state index contributed by atoms with van der Waals surface area (Å²) in [5.74, 6) is 0. The summed E-state index contributed by atoms with van der Waals surface area (Å²) in [4.78, 5) is 0.0325. The third-order valence-electron chi connectivity index (χ3n) is 2.98. The Bertz CT molecular complexity index is 727. The predicted molar refractivity (Wildman–Crippen MR) is 83.4 cm³/mol. The Labute approximate surface area is 134 Å². The summed E-state index contributed by atoms with van der Waals surface area (Å²) < 4.78 is 32.4. The van der Waals surface area contributed by atoms with Gasteiger partial charge in [0.15, 0.2) is 0 Å². The molecule has 0 aliphatic carbocycles. The molecule has 0 unspecified atom stereocenters. The molecule has 0 saturated carbocycles. The van der Waals surface area contributed by atoms with Crippen molar-refractivity contribution in [2.24, 2.45) is 0 Å². The van der Waals surface area contributed by atoms with Crippen LogP contribution >= 0.6 is 23.2 Å². The highest BCUT2D eigenvalue weighted by Gasteiger charge is 2.21. The maximum absolute atomic E-state index is 12.4. The van der Waals surface area contributed by atoms with Gasteiger partial charge in [-0.3, -0.25) is 0 Å². The lowest BCUT2D eigenvalue weighted by molar-refractivity contribution is 0.549. The zero-order valence-corrected chi connectivity index (χ0v) is 13.9. The summed E-state index contributed by atoms with van der Waals surface area (Å²) in [5, 5.41) is 0.541. The molecular formula is C14H15Cl2NO3S. The zero-order chi connectivity index (χ0) is 15.6. The Morgan fingerprint density at radius 2 is 2.00 bits per heavy atom. The van der Waals surface area contributed by atoms with Crippen LogP contribution in [0, 0.1) is 6.92 Å². The summed E-state index contributed by atoms with van der Waals surface area (Å²) in [7, 11) is -3.70. The lowest BCUT2D eigenvalue weighted by Crippen LogP contribution is -2.34. The number of hydrogen-bond donors (Lipinski definition) is 1. The molecule has 0 aliphatic heterocycles. The molecule has 0 aliphatic rings. The number of aryl methyl sites for hydroxylation is 1. The molecule has 0 spiro atoms. The minimum absolute atomic E-state index is 0.0325. The quantitative estimate of drug-likeness (QED) is 0.894. The molecule has 4 nitrogen and oxygen atoms in total. The zero-order valence-electron chi connectivity index (χ0n) is 11.6. The van der Waals surface area contributed by atoms with E-state index >= 15 is 0 Å². The van der Waals surface area contributed by atoms with E-state index in [9.17, 15) is 8.42 Å². The van der Waals surface area contributed by atoms with Crippen molar-refractivity contribution in [2.75, 3.05) is 0 Å². The van der Waals surface area contributed by atoms with Gasteiger partial charge in [0.2, 0.25) is 10.0 Å². The number of furan rings is 1. The van der Waals surface area contributed by atoms with Gasteiger partial charge in [-0.15, -0.1) is 0 Å². The summed E-state index contributed by atoms with van der Waals surface area (Å²) in [6.45, 7) is 3.51. The Balaban J connectivity index is 2.20. The average Bonchev–Trinajstić information content (AvgIpc) is 2.85. The van der Waals surface area contributed by atoms with Crippen molar-refractivity contribution in [1.29, 1.82) is 0 Å². The smallest absolute Gasteiger partial charge is 0.242 e. The van der Waals surface area contributed by atoms with Crippen molar-refractivity contribution in [1.82, 2.24) is 4.72 Å². The Hall–Kier alpha value is -1.01. The van der Waals surface area contributed by atoms with E-state index in [-0.39, 0.29) is 16.0 Å². The fourth-order valence-corrected chi connectivity index (χ4v) is 4.04. The molecule has 1 aromatic heterocycles. The lowest BCUT2D eigenvalue weighted by atomic mass is 10.1. The van der Waals surface area contributed by atoms with Crippen LogP contribution in [0.4, 0.5) is 0 Å².